The summed E-state index contributed by atoms with van der Waals surface area (Å²) < 4.78 is 26.3. The fourth-order valence-corrected chi connectivity index (χ4v) is 4.47. The van der Waals surface area contributed by atoms with Gasteiger partial charge in [0.1, 0.15) is 29.5 Å². The van der Waals surface area contributed by atoms with Crippen molar-refractivity contribution in [1.29, 1.82) is 0 Å². The van der Waals surface area contributed by atoms with Crippen molar-refractivity contribution in [2.45, 2.75) is 57.2 Å². The summed E-state index contributed by atoms with van der Waals surface area (Å²) in [5.74, 6) is -0.172. The first-order chi connectivity index (χ1) is 13.4. The Bertz CT molecular complexity index is 906. The van der Waals surface area contributed by atoms with E-state index in [1.165, 1.54) is 18.9 Å². The zero-order valence-electron chi connectivity index (χ0n) is 15.5. The van der Waals surface area contributed by atoms with E-state index in [0.29, 0.717) is 16.3 Å². The highest BCUT2D eigenvalue weighted by Crippen LogP contribution is 2.47. The Morgan fingerprint density at radius 1 is 1.21 bits per heavy atom. The molecule has 0 saturated heterocycles. The maximum atomic E-state index is 14.2. The molecule has 1 saturated carbocycles. The van der Waals surface area contributed by atoms with Gasteiger partial charge in [-0.25, -0.2) is 4.39 Å². The van der Waals surface area contributed by atoms with E-state index in [0.717, 1.165) is 36.1 Å². The molecule has 4 nitrogen and oxygen atoms in total. The normalized spacial score (nSPS) is 16.8. The molecule has 2 aliphatic rings. The molecule has 1 heterocycles. The number of carbonyl (C=O) groups is 1. The van der Waals surface area contributed by atoms with Gasteiger partial charge in [0.2, 0.25) is 0 Å². The van der Waals surface area contributed by atoms with E-state index in [1.54, 1.807) is 12.1 Å². The Labute approximate surface area is 168 Å². The van der Waals surface area contributed by atoms with Gasteiger partial charge in [-0.3, -0.25) is 4.79 Å². The second-order valence-corrected chi connectivity index (χ2v) is 8.09. The van der Waals surface area contributed by atoms with Gasteiger partial charge in [0, 0.05) is 35.1 Å². The summed E-state index contributed by atoms with van der Waals surface area (Å²) in [7, 11) is 0. The molecule has 0 atom stereocenters. The number of ether oxygens (including phenoxy) is 2. The fourth-order valence-electron chi connectivity index (χ4n) is 4.20. The van der Waals surface area contributed by atoms with Crippen molar-refractivity contribution in [3.8, 4) is 11.5 Å². The van der Waals surface area contributed by atoms with Crippen LogP contribution in [0.2, 0.25) is 5.02 Å². The van der Waals surface area contributed by atoms with Crippen molar-refractivity contribution in [3.05, 3.63) is 57.9 Å². The largest absolute Gasteiger partial charge is 0.489 e. The number of carboxylic acid groups (broad SMARTS) is 1. The van der Waals surface area contributed by atoms with Crippen LogP contribution in [-0.4, -0.2) is 16.7 Å². The van der Waals surface area contributed by atoms with Crippen LogP contribution in [0.4, 0.5) is 4.39 Å². The molecule has 6 heteroatoms. The average molecular weight is 405 g/mol. The van der Waals surface area contributed by atoms with Crippen LogP contribution in [0.25, 0.3) is 0 Å². The summed E-state index contributed by atoms with van der Waals surface area (Å²) in [4.78, 5) is 10.7. The van der Waals surface area contributed by atoms with Gasteiger partial charge < -0.3 is 14.6 Å². The number of hydrogen-bond donors (Lipinski definition) is 1. The third-order valence-electron chi connectivity index (χ3n) is 5.58. The summed E-state index contributed by atoms with van der Waals surface area (Å²) in [6, 6.07) is 8.32. The highest BCUT2D eigenvalue weighted by Gasteiger charge is 2.42. The number of hydrogen-bond acceptors (Lipinski definition) is 3. The van der Waals surface area contributed by atoms with Crippen LogP contribution in [0.1, 0.15) is 48.8 Å². The second kappa shape index (κ2) is 7.63. The lowest BCUT2D eigenvalue weighted by Crippen LogP contribution is -2.30. The molecule has 0 radical (unpaired) electrons. The monoisotopic (exact) mass is 404 g/mol. The zero-order chi connectivity index (χ0) is 19.7. The number of rotatable bonds is 6. The van der Waals surface area contributed by atoms with Gasteiger partial charge in [-0.05, 0) is 55.9 Å². The molecule has 28 heavy (non-hydrogen) atoms. The van der Waals surface area contributed by atoms with Gasteiger partial charge in [0.15, 0.2) is 0 Å². The van der Waals surface area contributed by atoms with E-state index < -0.39 is 11.8 Å². The molecular formula is C22H22ClFO4. The predicted octanol–water partition coefficient (Wildman–Crippen LogP) is 5.32. The molecule has 1 spiro atoms. The van der Waals surface area contributed by atoms with Gasteiger partial charge in [-0.2, -0.15) is 0 Å². The predicted molar refractivity (Wildman–Crippen MR) is 104 cm³/mol. The quantitative estimate of drug-likeness (QED) is 0.707. The molecule has 1 aliphatic heterocycles. The van der Waals surface area contributed by atoms with Crippen LogP contribution in [0.5, 0.6) is 11.5 Å². The average Bonchev–Trinajstić information content (AvgIpc) is 3.25. The van der Waals surface area contributed by atoms with E-state index in [-0.39, 0.29) is 25.0 Å². The maximum absolute atomic E-state index is 14.2. The molecule has 1 N–H and O–H groups in total. The Morgan fingerprint density at radius 2 is 2.00 bits per heavy atom. The number of halogens is 2. The van der Waals surface area contributed by atoms with Crippen molar-refractivity contribution < 1.29 is 23.8 Å². The summed E-state index contributed by atoms with van der Waals surface area (Å²) in [5, 5.41) is 9.38. The standard InChI is InChI=1S/C22H22ClFO4/c23-17-9-15-12-22(7-1-2-8-22)28-21(15)16(10-17)13-27-18-5-3-14(19(24)11-18)4-6-20(25)26/h3,5,9-11H,1-2,4,6-8,12-13H2,(H,25,26). The molecule has 2 aromatic carbocycles. The third kappa shape index (κ3) is 3.95. The molecule has 4 rings (SSSR count). The van der Waals surface area contributed by atoms with Crippen LogP contribution >= 0.6 is 11.6 Å². The minimum absolute atomic E-state index is 0.0976. The minimum Gasteiger partial charge on any atom is -0.489 e. The van der Waals surface area contributed by atoms with Crippen LogP contribution < -0.4 is 9.47 Å². The van der Waals surface area contributed by atoms with E-state index in [2.05, 4.69) is 0 Å². The van der Waals surface area contributed by atoms with E-state index in [9.17, 15) is 9.18 Å². The zero-order valence-corrected chi connectivity index (χ0v) is 16.2. The second-order valence-electron chi connectivity index (χ2n) is 7.66. The lowest BCUT2D eigenvalue weighted by atomic mass is 9.95. The number of aliphatic carboxylic acids is 1. The summed E-state index contributed by atoms with van der Waals surface area (Å²) in [6.07, 6.45) is 5.40. The molecule has 1 fully saturated rings. The van der Waals surface area contributed by atoms with Gasteiger partial charge >= 0.3 is 5.97 Å². The number of aryl methyl sites for hydroxylation is 1. The van der Waals surface area contributed by atoms with Crippen molar-refractivity contribution in [2.24, 2.45) is 0 Å². The molecule has 0 amide bonds. The molecular weight excluding hydrogens is 383 g/mol. The summed E-state index contributed by atoms with van der Waals surface area (Å²) in [6.45, 7) is 0.229. The van der Waals surface area contributed by atoms with Crippen LogP contribution in [-0.2, 0) is 24.2 Å². The first-order valence-corrected chi connectivity index (χ1v) is 9.95. The van der Waals surface area contributed by atoms with Crippen molar-refractivity contribution in [2.75, 3.05) is 0 Å². The highest BCUT2D eigenvalue weighted by molar-refractivity contribution is 6.30. The first-order valence-electron chi connectivity index (χ1n) is 9.57. The van der Waals surface area contributed by atoms with Crippen LogP contribution in [0, 0.1) is 5.82 Å². The Morgan fingerprint density at radius 3 is 2.71 bits per heavy atom. The molecule has 148 valence electrons. The Balaban J connectivity index is 1.47. The van der Waals surface area contributed by atoms with Crippen molar-refractivity contribution in [1.82, 2.24) is 0 Å². The van der Waals surface area contributed by atoms with E-state index in [1.807, 2.05) is 12.1 Å². The van der Waals surface area contributed by atoms with Crippen molar-refractivity contribution >= 4 is 17.6 Å². The van der Waals surface area contributed by atoms with Gasteiger partial charge in [-0.1, -0.05) is 17.7 Å². The van der Waals surface area contributed by atoms with E-state index in [4.69, 9.17) is 26.2 Å². The van der Waals surface area contributed by atoms with Gasteiger partial charge in [0.05, 0.1) is 0 Å². The molecule has 2 aromatic rings. The van der Waals surface area contributed by atoms with Crippen molar-refractivity contribution in [3.63, 3.8) is 0 Å². The van der Waals surface area contributed by atoms with E-state index >= 15 is 0 Å². The van der Waals surface area contributed by atoms with Gasteiger partial charge in [0.25, 0.3) is 0 Å². The number of benzene rings is 2. The SMILES string of the molecule is O=C(O)CCc1ccc(OCc2cc(Cl)cc3c2OC2(CCCC2)C3)cc1F. The third-order valence-corrected chi connectivity index (χ3v) is 5.80. The first kappa shape index (κ1) is 19.1. The Hall–Kier alpha value is -2.27. The minimum atomic E-state index is -0.949. The molecule has 1 aliphatic carbocycles. The lowest BCUT2D eigenvalue weighted by Gasteiger charge is -2.23. The number of carboxylic acids is 1. The molecule has 0 bridgehead atoms. The van der Waals surface area contributed by atoms with Gasteiger partial charge in [-0.15, -0.1) is 0 Å². The topological polar surface area (TPSA) is 55.8 Å². The fraction of sp³-hybridized carbons (Fsp3) is 0.409. The maximum Gasteiger partial charge on any atom is 0.303 e. The summed E-state index contributed by atoms with van der Waals surface area (Å²) in [5.41, 5.74) is 2.24. The highest BCUT2D eigenvalue weighted by atomic mass is 35.5. The smallest absolute Gasteiger partial charge is 0.303 e. The summed E-state index contributed by atoms with van der Waals surface area (Å²) >= 11 is 6.29. The van der Waals surface area contributed by atoms with Crippen LogP contribution in [0.15, 0.2) is 30.3 Å². The molecule has 0 unspecified atom stereocenters. The lowest BCUT2D eigenvalue weighted by molar-refractivity contribution is -0.136. The number of fused-ring (bicyclic) bond motifs is 1. The Kier molecular flexibility index (Phi) is 5.19. The van der Waals surface area contributed by atoms with Crippen LogP contribution in [0.3, 0.4) is 0 Å². The molecule has 0 aromatic heterocycles.